The molecule has 1 amide bonds. The van der Waals surface area contributed by atoms with Crippen molar-refractivity contribution < 1.29 is 4.79 Å². The summed E-state index contributed by atoms with van der Waals surface area (Å²) in [6.07, 6.45) is 2.22. The molecule has 1 saturated heterocycles. The first kappa shape index (κ1) is 14.5. The topological polar surface area (TPSA) is 46.3 Å². The Morgan fingerprint density at radius 2 is 2.26 bits per heavy atom. The number of hydrogen-bond acceptors (Lipinski definition) is 2. The highest BCUT2D eigenvalue weighted by Crippen LogP contribution is 2.26. The van der Waals surface area contributed by atoms with Crippen LogP contribution in [0.15, 0.2) is 22.7 Å². The molecule has 0 saturated carbocycles. The van der Waals surface area contributed by atoms with Crippen molar-refractivity contribution in [1.82, 2.24) is 4.90 Å². The second-order valence-corrected chi connectivity index (χ2v) is 6.30. The number of hydrogen-bond donors (Lipinski definition) is 1. The van der Waals surface area contributed by atoms with E-state index in [0.717, 1.165) is 35.0 Å². The first-order valence-corrected chi connectivity index (χ1v) is 7.61. The number of aryl methyl sites for hydroxylation is 1. The Hall–Kier alpha value is -0.870. The molecule has 0 aliphatic carbocycles. The van der Waals surface area contributed by atoms with Crippen molar-refractivity contribution in [3.8, 4) is 0 Å². The molecule has 1 aromatic rings. The van der Waals surface area contributed by atoms with Crippen LogP contribution in [0, 0.1) is 12.8 Å². The molecule has 1 aliphatic heterocycles. The second kappa shape index (κ2) is 6.06. The van der Waals surface area contributed by atoms with E-state index >= 15 is 0 Å². The standard InChI is InChI=1S/C15H21BrN2O/c1-10-5-6-12(16)8-13(10)15(19)18-7-3-4-11(2)14(18)9-17/h5-6,8,11,14H,3-4,7,9,17H2,1-2H3. The lowest BCUT2D eigenvalue weighted by molar-refractivity contribution is 0.0532. The van der Waals surface area contributed by atoms with Gasteiger partial charge in [0.1, 0.15) is 0 Å². The van der Waals surface area contributed by atoms with Gasteiger partial charge in [0, 0.05) is 29.2 Å². The number of halogens is 1. The van der Waals surface area contributed by atoms with E-state index in [4.69, 9.17) is 5.73 Å². The summed E-state index contributed by atoms with van der Waals surface area (Å²) < 4.78 is 0.941. The molecule has 0 aromatic heterocycles. The minimum Gasteiger partial charge on any atom is -0.334 e. The third-order valence-electron chi connectivity index (χ3n) is 4.05. The van der Waals surface area contributed by atoms with Gasteiger partial charge in [-0.05, 0) is 43.4 Å². The van der Waals surface area contributed by atoms with Gasteiger partial charge in [-0.1, -0.05) is 28.9 Å². The van der Waals surface area contributed by atoms with Crippen molar-refractivity contribution in [3.05, 3.63) is 33.8 Å². The smallest absolute Gasteiger partial charge is 0.254 e. The summed E-state index contributed by atoms with van der Waals surface area (Å²) in [6.45, 7) is 5.52. The summed E-state index contributed by atoms with van der Waals surface area (Å²) in [7, 11) is 0. The largest absolute Gasteiger partial charge is 0.334 e. The maximum atomic E-state index is 12.7. The summed E-state index contributed by atoms with van der Waals surface area (Å²) >= 11 is 3.44. The Morgan fingerprint density at radius 1 is 1.53 bits per heavy atom. The van der Waals surface area contributed by atoms with Gasteiger partial charge in [0.05, 0.1) is 0 Å². The molecule has 2 N–H and O–H groups in total. The Bertz CT molecular complexity index is 475. The Labute approximate surface area is 123 Å². The average molecular weight is 325 g/mol. The van der Waals surface area contributed by atoms with Gasteiger partial charge >= 0.3 is 0 Å². The average Bonchev–Trinajstić information content (AvgIpc) is 2.40. The fourth-order valence-electron chi connectivity index (χ4n) is 2.84. The predicted octanol–water partition coefficient (Wildman–Crippen LogP) is 2.96. The van der Waals surface area contributed by atoms with Crippen LogP contribution in [-0.2, 0) is 0 Å². The fraction of sp³-hybridized carbons (Fsp3) is 0.533. The van der Waals surface area contributed by atoms with E-state index in [2.05, 4.69) is 22.9 Å². The number of piperidine rings is 1. The van der Waals surface area contributed by atoms with E-state index in [1.54, 1.807) is 0 Å². The Kier molecular flexibility index (Phi) is 4.63. The lowest BCUT2D eigenvalue weighted by Crippen LogP contribution is -2.51. The SMILES string of the molecule is Cc1ccc(Br)cc1C(=O)N1CCCC(C)C1CN. The first-order valence-electron chi connectivity index (χ1n) is 6.81. The Morgan fingerprint density at radius 3 is 2.95 bits per heavy atom. The maximum absolute atomic E-state index is 12.7. The van der Waals surface area contributed by atoms with Crippen LogP contribution in [0.3, 0.4) is 0 Å². The van der Waals surface area contributed by atoms with Crippen molar-refractivity contribution in [2.75, 3.05) is 13.1 Å². The molecular weight excluding hydrogens is 304 g/mol. The van der Waals surface area contributed by atoms with Gasteiger partial charge in [-0.25, -0.2) is 0 Å². The van der Waals surface area contributed by atoms with Crippen molar-refractivity contribution >= 4 is 21.8 Å². The maximum Gasteiger partial charge on any atom is 0.254 e. The van der Waals surface area contributed by atoms with Crippen molar-refractivity contribution in [1.29, 1.82) is 0 Å². The summed E-state index contributed by atoms with van der Waals surface area (Å²) in [5.41, 5.74) is 7.66. The van der Waals surface area contributed by atoms with Gasteiger partial charge < -0.3 is 10.6 Å². The van der Waals surface area contributed by atoms with Crippen LogP contribution in [0.4, 0.5) is 0 Å². The molecule has 0 spiro atoms. The summed E-state index contributed by atoms with van der Waals surface area (Å²) in [5, 5.41) is 0. The first-order chi connectivity index (χ1) is 9.04. The number of rotatable bonds is 2. The second-order valence-electron chi connectivity index (χ2n) is 5.38. The highest BCUT2D eigenvalue weighted by atomic mass is 79.9. The molecule has 1 aliphatic rings. The molecule has 1 fully saturated rings. The zero-order chi connectivity index (χ0) is 14.0. The van der Waals surface area contributed by atoms with E-state index in [-0.39, 0.29) is 11.9 Å². The van der Waals surface area contributed by atoms with Gasteiger partial charge in [-0.15, -0.1) is 0 Å². The number of nitrogens with zero attached hydrogens (tertiary/aromatic N) is 1. The molecule has 104 valence electrons. The van der Waals surface area contributed by atoms with Gasteiger partial charge in [-0.2, -0.15) is 0 Å². The minimum absolute atomic E-state index is 0.112. The Balaban J connectivity index is 2.29. The highest BCUT2D eigenvalue weighted by Gasteiger charge is 2.31. The minimum atomic E-state index is 0.112. The number of nitrogens with two attached hydrogens (primary N) is 1. The third kappa shape index (κ3) is 3.00. The van der Waals surface area contributed by atoms with Crippen LogP contribution in [0.25, 0.3) is 0 Å². The van der Waals surface area contributed by atoms with Gasteiger partial charge in [-0.3, -0.25) is 4.79 Å². The number of likely N-dealkylation sites (tertiary alicyclic amines) is 1. The zero-order valence-corrected chi connectivity index (χ0v) is 13.1. The highest BCUT2D eigenvalue weighted by molar-refractivity contribution is 9.10. The fourth-order valence-corrected chi connectivity index (χ4v) is 3.20. The summed E-state index contributed by atoms with van der Waals surface area (Å²) in [6, 6.07) is 6.01. The molecule has 19 heavy (non-hydrogen) atoms. The molecule has 1 heterocycles. The molecule has 4 heteroatoms. The van der Waals surface area contributed by atoms with Gasteiger partial charge in [0.25, 0.3) is 5.91 Å². The van der Waals surface area contributed by atoms with Crippen molar-refractivity contribution in [2.45, 2.75) is 32.7 Å². The quantitative estimate of drug-likeness (QED) is 0.909. The predicted molar refractivity (Wildman–Crippen MR) is 81.2 cm³/mol. The van der Waals surface area contributed by atoms with E-state index in [1.807, 2.05) is 30.0 Å². The number of amides is 1. The lowest BCUT2D eigenvalue weighted by atomic mass is 9.90. The van der Waals surface area contributed by atoms with E-state index < -0.39 is 0 Å². The van der Waals surface area contributed by atoms with E-state index in [0.29, 0.717) is 12.5 Å². The van der Waals surface area contributed by atoms with E-state index in [9.17, 15) is 4.79 Å². The lowest BCUT2D eigenvalue weighted by Gasteiger charge is -2.39. The molecule has 2 unspecified atom stereocenters. The summed E-state index contributed by atoms with van der Waals surface area (Å²) in [5.74, 6) is 0.593. The molecule has 0 radical (unpaired) electrons. The van der Waals surface area contributed by atoms with Crippen LogP contribution in [0.1, 0.15) is 35.7 Å². The van der Waals surface area contributed by atoms with Gasteiger partial charge in [0.15, 0.2) is 0 Å². The van der Waals surface area contributed by atoms with Crippen LogP contribution in [-0.4, -0.2) is 29.9 Å². The van der Waals surface area contributed by atoms with Crippen LogP contribution in [0.5, 0.6) is 0 Å². The number of benzene rings is 1. The number of carbonyl (C=O) groups excluding carboxylic acids is 1. The molecular formula is C15H21BrN2O. The molecule has 0 bridgehead atoms. The normalized spacial score (nSPS) is 23.5. The number of carbonyl (C=O) groups is 1. The zero-order valence-electron chi connectivity index (χ0n) is 11.5. The van der Waals surface area contributed by atoms with Crippen LogP contribution >= 0.6 is 15.9 Å². The molecule has 1 aromatic carbocycles. The molecule has 2 rings (SSSR count). The van der Waals surface area contributed by atoms with Gasteiger partial charge in [0.2, 0.25) is 0 Å². The van der Waals surface area contributed by atoms with Crippen LogP contribution < -0.4 is 5.73 Å². The molecule has 2 atom stereocenters. The summed E-state index contributed by atoms with van der Waals surface area (Å²) in [4.78, 5) is 14.7. The van der Waals surface area contributed by atoms with Crippen molar-refractivity contribution in [3.63, 3.8) is 0 Å². The van der Waals surface area contributed by atoms with Crippen molar-refractivity contribution in [2.24, 2.45) is 11.7 Å². The monoisotopic (exact) mass is 324 g/mol. The third-order valence-corrected chi connectivity index (χ3v) is 4.54. The van der Waals surface area contributed by atoms with Crippen LogP contribution in [0.2, 0.25) is 0 Å². The molecule has 3 nitrogen and oxygen atoms in total. The van der Waals surface area contributed by atoms with E-state index in [1.165, 1.54) is 0 Å².